The van der Waals surface area contributed by atoms with Crippen LogP contribution in [0.15, 0.2) is 41.4 Å². The number of nitrogens with one attached hydrogen (secondary N) is 2. The molecule has 3 heterocycles. The Morgan fingerprint density at radius 1 is 1.07 bits per heavy atom. The highest BCUT2D eigenvalue weighted by Crippen LogP contribution is 2.38. The number of aromatic nitrogens is 1. The lowest BCUT2D eigenvalue weighted by Gasteiger charge is -2.23. The molecular formula is C24H28N4. The van der Waals surface area contributed by atoms with Gasteiger partial charge in [0.05, 0.1) is 6.54 Å². The summed E-state index contributed by atoms with van der Waals surface area (Å²) >= 11 is 0. The van der Waals surface area contributed by atoms with E-state index in [9.17, 15) is 0 Å². The predicted molar refractivity (Wildman–Crippen MR) is 117 cm³/mol. The number of amidine groups is 1. The third-order valence-corrected chi connectivity index (χ3v) is 6.34. The van der Waals surface area contributed by atoms with Crippen LogP contribution >= 0.6 is 0 Å². The number of benzene rings is 2. The molecule has 4 heteroatoms. The van der Waals surface area contributed by atoms with Crippen molar-refractivity contribution >= 4 is 16.7 Å². The number of rotatable bonds is 3. The number of hydrogen-bond acceptors (Lipinski definition) is 3. The average molecular weight is 373 g/mol. The molecule has 4 N–H and O–H groups in total. The Hall–Kier alpha value is -2.59. The summed E-state index contributed by atoms with van der Waals surface area (Å²) in [4.78, 5) is 8.09. The van der Waals surface area contributed by atoms with Crippen LogP contribution in [0.25, 0.3) is 22.2 Å². The Balaban J connectivity index is 1.62. The maximum Gasteiger partial charge on any atom is 0.126 e. The van der Waals surface area contributed by atoms with E-state index in [4.69, 9.17) is 5.73 Å². The van der Waals surface area contributed by atoms with Gasteiger partial charge in [0.1, 0.15) is 5.84 Å². The molecule has 0 bridgehead atoms. The molecule has 1 aromatic heterocycles. The van der Waals surface area contributed by atoms with E-state index in [0.717, 1.165) is 18.7 Å². The number of aliphatic imine (C=N–C) groups is 1. The third-order valence-electron chi connectivity index (χ3n) is 6.34. The molecule has 2 aromatic carbocycles. The van der Waals surface area contributed by atoms with Gasteiger partial charge < -0.3 is 16.0 Å². The smallest absolute Gasteiger partial charge is 0.126 e. The fraction of sp³-hybridized carbons (Fsp3) is 0.375. The van der Waals surface area contributed by atoms with Crippen molar-refractivity contribution in [1.29, 1.82) is 0 Å². The topological polar surface area (TPSA) is 66.2 Å². The van der Waals surface area contributed by atoms with Crippen molar-refractivity contribution in [2.75, 3.05) is 13.1 Å². The average Bonchev–Trinajstić information content (AvgIpc) is 3.28. The van der Waals surface area contributed by atoms with Crippen LogP contribution in [-0.2, 0) is 6.54 Å². The molecule has 2 aliphatic rings. The highest BCUT2D eigenvalue weighted by Gasteiger charge is 2.21. The van der Waals surface area contributed by atoms with E-state index in [1.165, 1.54) is 51.7 Å². The summed E-state index contributed by atoms with van der Waals surface area (Å²) in [6.07, 6.45) is 2.46. The Kier molecular flexibility index (Phi) is 4.24. The Bertz CT molecular complexity index is 1070. The van der Waals surface area contributed by atoms with Crippen LogP contribution in [0.3, 0.4) is 0 Å². The molecule has 0 saturated carbocycles. The first-order valence-electron chi connectivity index (χ1n) is 10.4. The quantitative estimate of drug-likeness (QED) is 0.627. The lowest BCUT2D eigenvalue weighted by atomic mass is 9.88. The molecule has 5 rings (SSSR count). The number of H-pyrrole nitrogens is 1. The number of hydrogen-bond donors (Lipinski definition) is 3. The van der Waals surface area contributed by atoms with Crippen molar-refractivity contribution in [3.05, 3.63) is 58.7 Å². The number of aromatic amines is 1. The zero-order valence-corrected chi connectivity index (χ0v) is 16.7. The minimum atomic E-state index is 0.446. The van der Waals surface area contributed by atoms with Gasteiger partial charge in [-0.3, -0.25) is 4.99 Å². The van der Waals surface area contributed by atoms with Crippen LogP contribution in [0, 0.1) is 0 Å². The highest BCUT2D eigenvalue weighted by molar-refractivity contribution is 6.01. The zero-order valence-electron chi connectivity index (χ0n) is 16.7. The first-order valence-corrected chi connectivity index (χ1v) is 10.4. The van der Waals surface area contributed by atoms with Gasteiger partial charge in [0.2, 0.25) is 0 Å². The highest BCUT2D eigenvalue weighted by atomic mass is 14.9. The van der Waals surface area contributed by atoms with Gasteiger partial charge in [-0.25, -0.2) is 0 Å². The largest absolute Gasteiger partial charge is 0.383 e. The summed E-state index contributed by atoms with van der Waals surface area (Å²) in [7, 11) is 0. The summed E-state index contributed by atoms with van der Waals surface area (Å²) in [6, 6.07) is 13.6. The summed E-state index contributed by atoms with van der Waals surface area (Å²) in [5.74, 6) is 1.78. The molecule has 1 saturated heterocycles. The van der Waals surface area contributed by atoms with Gasteiger partial charge in [-0.05, 0) is 78.2 Å². The minimum absolute atomic E-state index is 0.446. The molecule has 144 valence electrons. The minimum Gasteiger partial charge on any atom is -0.383 e. The molecule has 3 aromatic rings. The summed E-state index contributed by atoms with van der Waals surface area (Å²) in [6.45, 7) is 7.51. The molecule has 0 atom stereocenters. The second kappa shape index (κ2) is 6.78. The molecule has 0 unspecified atom stereocenters. The van der Waals surface area contributed by atoms with Gasteiger partial charge in [-0.15, -0.1) is 0 Å². The van der Waals surface area contributed by atoms with Crippen molar-refractivity contribution in [1.82, 2.24) is 10.3 Å². The summed E-state index contributed by atoms with van der Waals surface area (Å²) in [5.41, 5.74) is 14.9. The van der Waals surface area contributed by atoms with E-state index in [-0.39, 0.29) is 0 Å². The maximum atomic E-state index is 6.00. The van der Waals surface area contributed by atoms with Crippen LogP contribution < -0.4 is 11.1 Å². The lowest BCUT2D eigenvalue weighted by Crippen LogP contribution is -2.26. The van der Waals surface area contributed by atoms with E-state index < -0.39 is 0 Å². The summed E-state index contributed by atoms with van der Waals surface area (Å²) in [5, 5.41) is 4.85. The second-order valence-corrected chi connectivity index (χ2v) is 8.47. The van der Waals surface area contributed by atoms with Gasteiger partial charge in [-0.1, -0.05) is 32.0 Å². The normalized spacial score (nSPS) is 17.3. The third kappa shape index (κ3) is 2.83. The van der Waals surface area contributed by atoms with Gasteiger partial charge in [0.25, 0.3) is 0 Å². The second-order valence-electron chi connectivity index (χ2n) is 8.47. The number of fused-ring (bicyclic) bond motifs is 2. The predicted octanol–water partition coefficient (Wildman–Crippen LogP) is 4.64. The van der Waals surface area contributed by atoms with E-state index in [1.54, 1.807) is 0 Å². The van der Waals surface area contributed by atoms with Crippen LogP contribution in [0.4, 0.5) is 0 Å². The molecule has 1 fully saturated rings. The fourth-order valence-corrected chi connectivity index (χ4v) is 4.85. The van der Waals surface area contributed by atoms with E-state index in [2.05, 4.69) is 65.5 Å². The van der Waals surface area contributed by atoms with Crippen LogP contribution in [0.5, 0.6) is 0 Å². The number of nitrogens with two attached hydrogens (primary N) is 1. The van der Waals surface area contributed by atoms with Crippen molar-refractivity contribution in [2.24, 2.45) is 10.7 Å². The van der Waals surface area contributed by atoms with Crippen molar-refractivity contribution in [3.63, 3.8) is 0 Å². The monoisotopic (exact) mass is 372 g/mol. The van der Waals surface area contributed by atoms with Crippen molar-refractivity contribution in [2.45, 2.75) is 45.1 Å². The van der Waals surface area contributed by atoms with Gasteiger partial charge in [-0.2, -0.15) is 0 Å². The van der Waals surface area contributed by atoms with Gasteiger partial charge in [0.15, 0.2) is 0 Å². The standard InChI is InChI=1S/C24H28N4/c1-14(2)22-20-12-16(15-7-9-26-10-8-15)4-6-21(20)28-23(22)17-3-5-19-18(11-17)13-27-24(19)25/h3-6,11-12,14-15,26,28H,7-10,13H2,1-2H3,(H2,25,27). The zero-order chi connectivity index (χ0) is 19.3. The first kappa shape index (κ1) is 17.5. The summed E-state index contributed by atoms with van der Waals surface area (Å²) < 4.78 is 0. The number of piperidine rings is 1. The Morgan fingerprint density at radius 3 is 2.68 bits per heavy atom. The molecule has 2 aliphatic heterocycles. The van der Waals surface area contributed by atoms with Crippen LogP contribution in [0.2, 0.25) is 0 Å². The van der Waals surface area contributed by atoms with Gasteiger partial charge in [0, 0.05) is 22.2 Å². The Morgan fingerprint density at radius 2 is 1.89 bits per heavy atom. The molecule has 4 nitrogen and oxygen atoms in total. The Labute approximate surface area is 166 Å². The fourth-order valence-electron chi connectivity index (χ4n) is 4.85. The molecule has 0 amide bonds. The van der Waals surface area contributed by atoms with Crippen LogP contribution in [-0.4, -0.2) is 23.9 Å². The van der Waals surface area contributed by atoms with E-state index in [0.29, 0.717) is 24.2 Å². The molecular weight excluding hydrogens is 344 g/mol. The van der Waals surface area contributed by atoms with Crippen LogP contribution in [0.1, 0.15) is 60.8 Å². The maximum absolute atomic E-state index is 6.00. The molecule has 0 spiro atoms. The van der Waals surface area contributed by atoms with Crippen molar-refractivity contribution in [3.8, 4) is 11.3 Å². The van der Waals surface area contributed by atoms with Gasteiger partial charge >= 0.3 is 0 Å². The lowest BCUT2D eigenvalue weighted by molar-refractivity contribution is 0.460. The first-order chi connectivity index (χ1) is 13.6. The van der Waals surface area contributed by atoms with E-state index in [1.807, 2.05) is 0 Å². The van der Waals surface area contributed by atoms with Crippen molar-refractivity contribution < 1.29 is 0 Å². The van der Waals surface area contributed by atoms with E-state index >= 15 is 0 Å². The number of nitrogens with zero attached hydrogens (tertiary/aromatic N) is 1. The SMILES string of the molecule is CC(C)c1c(-c2ccc3c(c2)CN=C3N)[nH]c2ccc(C3CCNCC3)cc12. The molecule has 28 heavy (non-hydrogen) atoms. The molecule has 0 radical (unpaired) electrons. The molecule has 0 aliphatic carbocycles.